The molecule has 1 heterocycles. The summed E-state index contributed by atoms with van der Waals surface area (Å²) in [7, 11) is 0. The molecule has 3 nitrogen and oxygen atoms in total. The van der Waals surface area contributed by atoms with E-state index in [2.05, 4.69) is 38.4 Å². The molecule has 1 aliphatic carbocycles. The summed E-state index contributed by atoms with van der Waals surface area (Å²) in [4.78, 5) is 16.9. The SMILES string of the molecule is O=C(Nc1cccnc1)C1(c2cccc(Br)c2)CCCC1. The molecule has 0 unspecified atom stereocenters. The number of rotatable bonds is 3. The summed E-state index contributed by atoms with van der Waals surface area (Å²) >= 11 is 3.51. The molecule has 4 heteroatoms. The van der Waals surface area contributed by atoms with E-state index in [9.17, 15) is 4.79 Å². The first kappa shape index (κ1) is 14.3. The first-order chi connectivity index (χ1) is 10.2. The fourth-order valence-corrected chi connectivity index (χ4v) is 3.50. The van der Waals surface area contributed by atoms with Crippen LogP contribution in [0.25, 0.3) is 0 Å². The van der Waals surface area contributed by atoms with Gasteiger partial charge in [-0.2, -0.15) is 0 Å². The predicted molar refractivity (Wildman–Crippen MR) is 87.2 cm³/mol. The predicted octanol–water partition coefficient (Wildman–Crippen LogP) is 4.29. The minimum atomic E-state index is -0.417. The lowest BCUT2D eigenvalue weighted by molar-refractivity contribution is -0.121. The van der Waals surface area contributed by atoms with Crippen molar-refractivity contribution in [1.82, 2.24) is 4.98 Å². The minimum Gasteiger partial charge on any atom is -0.324 e. The topological polar surface area (TPSA) is 42.0 Å². The standard InChI is InChI=1S/C17H17BrN2O/c18-14-6-3-5-13(11-14)17(8-1-2-9-17)16(21)20-15-7-4-10-19-12-15/h3-7,10-12H,1-2,8-9H2,(H,20,21). The molecule has 1 aromatic heterocycles. The van der Waals surface area contributed by atoms with Crippen molar-refractivity contribution in [2.24, 2.45) is 0 Å². The first-order valence-corrected chi connectivity index (χ1v) is 7.97. The van der Waals surface area contributed by atoms with E-state index < -0.39 is 5.41 Å². The van der Waals surface area contributed by atoms with Gasteiger partial charge in [-0.1, -0.05) is 40.9 Å². The number of pyridine rings is 1. The van der Waals surface area contributed by atoms with Gasteiger partial charge in [-0.15, -0.1) is 0 Å². The molecule has 3 rings (SSSR count). The third-order valence-electron chi connectivity index (χ3n) is 4.19. The zero-order chi connectivity index (χ0) is 14.7. The zero-order valence-corrected chi connectivity index (χ0v) is 13.3. The van der Waals surface area contributed by atoms with Gasteiger partial charge in [-0.25, -0.2) is 0 Å². The van der Waals surface area contributed by atoms with Crippen LogP contribution in [-0.2, 0) is 10.2 Å². The fraction of sp³-hybridized carbons (Fsp3) is 0.294. The molecule has 108 valence electrons. The van der Waals surface area contributed by atoms with Crippen molar-refractivity contribution in [1.29, 1.82) is 0 Å². The summed E-state index contributed by atoms with van der Waals surface area (Å²) in [6, 6.07) is 11.8. The molecule has 2 aromatic rings. The molecule has 0 spiro atoms. The van der Waals surface area contributed by atoms with Crippen LogP contribution in [0.15, 0.2) is 53.3 Å². The van der Waals surface area contributed by atoms with Crippen LogP contribution < -0.4 is 5.32 Å². The van der Waals surface area contributed by atoms with E-state index in [1.807, 2.05) is 24.3 Å². The maximum atomic E-state index is 12.9. The molecule has 0 atom stereocenters. The molecule has 1 aromatic carbocycles. The second-order valence-electron chi connectivity index (χ2n) is 5.50. The highest BCUT2D eigenvalue weighted by Gasteiger charge is 2.42. The maximum Gasteiger partial charge on any atom is 0.235 e. The van der Waals surface area contributed by atoms with E-state index in [0.717, 1.165) is 41.4 Å². The third kappa shape index (κ3) is 2.86. The van der Waals surface area contributed by atoms with Gasteiger partial charge in [-0.3, -0.25) is 9.78 Å². The minimum absolute atomic E-state index is 0.0751. The van der Waals surface area contributed by atoms with Gasteiger partial charge in [0.1, 0.15) is 0 Å². The monoisotopic (exact) mass is 344 g/mol. The molecule has 0 aliphatic heterocycles. The summed E-state index contributed by atoms with van der Waals surface area (Å²) in [5.74, 6) is 0.0751. The molecular formula is C17H17BrN2O. The largest absolute Gasteiger partial charge is 0.324 e. The van der Waals surface area contributed by atoms with Crippen LogP contribution in [0.1, 0.15) is 31.2 Å². The Kier molecular flexibility index (Phi) is 4.06. The highest BCUT2D eigenvalue weighted by molar-refractivity contribution is 9.10. The van der Waals surface area contributed by atoms with Crippen LogP contribution in [0, 0.1) is 0 Å². The number of halogens is 1. The lowest BCUT2D eigenvalue weighted by Gasteiger charge is -2.28. The van der Waals surface area contributed by atoms with E-state index in [1.165, 1.54) is 0 Å². The van der Waals surface area contributed by atoms with Crippen LogP contribution >= 0.6 is 15.9 Å². The first-order valence-electron chi connectivity index (χ1n) is 7.18. The average Bonchev–Trinajstić information content (AvgIpc) is 2.99. The smallest absolute Gasteiger partial charge is 0.235 e. The van der Waals surface area contributed by atoms with E-state index in [0.29, 0.717) is 0 Å². The lowest BCUT2D eigenvalue weighted by Crippen LogP contribution is -2.38. The number of nitrogens with one attached hydrogen (secondary N) is 1. The van der Waals surface area contributed by atoms with Gasteiger partial charge in [0, 0.05) is 10.7 Å². The third-order valence-corrected chi connectivity index (χ3v) is 4.68. The van der Waals surface area contributed by atoms with E-state index in [-0.39, 0.29) is 5.91 Å². The second kappa shape index (κ2) is 5.98. The number of nitrogens with zero attached hydrogens (tertiary/aromatic N) is 1. The van der Waals surface area contributed by atoms with Gasteiger partial charge in [-0.05, 0) is 42.7 Å². The van der Waals surface area contributed by atoms with Crippen molar-refractivity contribution in [3.63, 3.8) is 0 Å². The number of aromatic nitrogens is 1. The van der Waals surface area contributed by atoms with E-state index in [1.54, 1.807) is 12.4 Å². The number of carbonyl (C=O) groups is 1. The summed E-state index contributed by atoms with van der Waals surface area (Å²) in [5.41, 5.74) is 1.43. The summed E-state index contributed by atoms with van der Waals surface area (Å²) in [5, 5.41) is 3.03. The summed E-state index contributed by atoms with van der Waals surface area (Å²) < 4.78 is 1.01. The Balaban J connectivity index is 1.92. The van der Waals surface area contributed by atoms with E-state index >= 15 is 0 Å². The molecule has 0 bridgehead atoms. The fourth-order valence-electron chi connectivity index (χ4n) is 3.10. The Hall–Kier alpha value is -1.68. The molecule has 1 aliphatic rings. The zero-order valence-electron chi connectivity index (χ0n) is 11.7. The second-order valence-corrected chi connectivity index (χ2v) is 6.41. The molecule has 1 N–H and O–H groups in total. The number of benzene rings is 1. The number of amides is 1. The van der Waals surface area contributed by atoms with Crippen LogP contribution in [-0.4, -0.2) is 10.9 Å². The number of carbonyl (C=O) groups excluding carboxylic acids is 1. The van der Waals surface area contributed by atoms with Crippen LogP contribution in [0.3, 0.4) is 0 Å². The van der Waals surface area contributed by atoms with Crippen molar-refractivity contribution >= 4 is 27.5 Å². The quantitative estimate of drug-likeness (QED) is 0.901. The Morgan fingerprint density at radius 3 is 2.67 bits per heavy atom. The number of anilines is 1. The van der Waals surface area contributed by atoms with Crippen molar-refractivity contribution in [3.05, 3.63) is 58.8 Å². The van der Waals surface area contributed by atoms with Gasteiger partial charge in [0.25, 0.3) is 0 Å². The van der Waals surface area contributed by atoms with Crippen LogP contribution in [0.5, 0.6) is 0 Å². The van der Waals surface area contributed by atoms with Crippen molar-refractivity contribution in [2.75, 3.05) is 5.32 Å². The Morgan fingerprint density at radius 1 is 1.19 bits per heavy atom. The number of hydrogen-bond acceptors (Lipinski definition) is 2. The highest BCUT2D eigenvalue weighted by Crippen LogP contribution is 2.42. The lowest BCUT2D eigenvalue weighted by atomic mass is 9.78. The van der Waals surface area contributed by atoms with Gasteiger partial charge in [0.15, 0.2) is 0 Å². The summed E-state index contributed by atoms with van der Waals surface area (Å²) in [6.45, 7) is 0. The normalized spacial score (nSPS) is 16.6. The van der Waals surface area contributed by atoms with Gasteiger partial charge >= 0.3 is 0 Å². The highest BCUT2D eigenvalue weighted by atomic mass is 79.9. The van der Waals surface area contributed by atoms with Crippen LogP contribution in [0.4, 0.5) is 5.69 Å². The molecular weight excluding hydrogens is 328 g/mol. The molecule has 0 radical (unpaired) electrons. The molecule has 1 fully saturated rings. The number of hydrogen-bond donors (Lipinski definition) is 1. The van der Waals surface area contributed by atoms with Crippen LogP contribution in [0.2, 0.25) is 0 Å². The van der Waals surface area contributed by atoms with Crippen molar-refractivity contribution in [3.8, 4) is 0 Å². The van der Waals surface area contributed by atoms with Gasteiger partial charge in [0.2, 0.25) is 5.91 Å². The molecule has 1 amide bonds. The molecule has 0 saturated heterocycles. The Morgan fingerprint density at radius 2 is 2.00 bits per heavy atom. The van der Waals surface area contributed by atoms with E-state index in [4.69, 9.17) is 0 Å². The molecule has 1 saturated carbocycles. The van der Waals surface area contributed by atoms with Crippen molar-refractivity contribution < 1.29 is 4.79 Å². The van der Waals surface area contributed by atoms with Crippen molar-refractivity contribution in [2.45, 2.75) is 31.1 Å². The molecule has 21 heavy (non-hydrogen) atoms. The van der Waals surface area contributed by atoms with Gasteiger partial charge in [0.05, 0.1) is 17.3 Å². The Bertz CT molecular complexity index is 636. The Labute approximate surface area is 132 Å². The average molecular weight is 345 g/mol. The summed E-state index contributed by atoms with van der Waals surface area (Å²) in [6.07, 6.45) is 7.36. The van der Waals surface area contributed by atoms with Gasteiger partial charge < -0.3 is 5.32 Å². The maximum absolute atomic E-state index is 12.9.